The molecule has 132 valence electrons. The Balaban J connectivity index is 1.64. The molecule has 2 amide bonds. The molecule has 2 heterocycles. The van der Waals surface area contributed by atoms with Gasteiger partial charge in [-0.2, -0.15) is 0 Å². The summed E-state index contributed by atoms with van der Waals surface area (Å²) in [6.07, 6.45) is 4.75. The van der Waals surface area contributed by atoms with E-state index in [2.05, 4.69) is 27.1 Å². The van der Waals surface area contributed by atoms with E-state index >= 15 is 0 Å². The number of nitrogens with zero attached hydrogens (tertiary/aromatic N) is 2. The second kappa shape index (κ2) is 7.51. The molecule has 6 heteroatoms. The summed E-state index contributed by atoms with van der Waals surface area (Å²) in [5, 5.41) is 5.67. The smallest absolute Gasteiger partial charge is 0.275 e. The van der Waals surface area contributed by atoms with Gasteiger partial charge in [-0.15, -0.1) is 0 Å². The number of amides is 2. The maximum absolute atomic E-state index is 12.4. The zero-order valence-electron chi connectivity index (χ0n) is 14.7. The number of carbonyl (C=O) groups excluding carboxylic acids is 2. The summed E-state index contributed by atoms with van der Waals surface area (Å²) in [5.41, 5.74) is 1.67. The number of aryl methyl sites for hydroxylation is 1. The SMILES string of the molecule is CCCNC(=O)c1ccc(NC(=O)c2cn3c(n2)CC(C)CC3)cc1. The third-order valence-electron chi connectivity index (χ3n) is 4.43. The minimum absolute atomic E-state index is 0.101. The number of hydrogen-bond acceptors (Lipinski definition) is 3. The number of fused-ring (bicyclic) bond motifs is 1. The van der Waals surface area contributed by atoms with Crippen LogP contribution in [-0.2, 0) is 13.0 Å². The van der Waals surface area contributed by atoms with E-state index in [0.717, 1.165) is 31.6 Å². The van der Waals surface area contributed by atoms with Crippen LogP contribution in [0.2, 0.25) is 0 Å². The van der Waals surface area contributed by atoms with Gasteiger partial charge in [-0.05, 0) is 43.0 Å². The Labute approximate surface area is 147 Å². The van der Waals surface area contributed by atoms with Crippen molar-refractivity contribution < 1.29 is 9.59 Å². The first-order chi connectivity index (χ1) is 12.1. The van der Waals surface area contributed by atoms with E-state index in [-0.39, 0.29) is 11.8 Å². The van der Waals surface area contributed by atoms with Crippen molar-refractivity contribution in [3.63, 3.8) is 0 Å². The first-order valence-electron chi connectivity index (χ1n) is 8.82. The Morgan fingerprint density at radius 3 is 2.72 bits per heavy atom. The first kappa shape index (κ1) is 17.2. The predicted octanol–water partition coefficient (Wildman–Crippen LogP) is 2.86. The molecular weight excluding hydrogens is 316 g/mol. The average molecular weight is 340 g/mol. The molecule has 1 aromatic carbocycles. The summed E-state index contributed by atoms with van der Waals surface area (Å²) in [6.45, 7) is 5.78. The molecule has 0 radical (unpaired) electrons. The van der Waals surface area contributed by atoms with Gasteiger partial charge in [0.2, 0.25) is 0 Å². The van der Waals surface area contributed by atoms with Crippen LogP contribution in [0, 0.1) is 5.92 Å². The number of carbonyl (C=O) groups is 2. The molecule has 0 fully saturated rings. The zero-order chi connectivity index (χ0) is 17.8. The van der Waals surface area contributed by atoms with Crippen LogP contribution < -0.4 is 10.6 Å². The Kier molecular flexibility index (Phi) is 5.16. The van der Waals surface area contributed by atoms with Crippen molar-refractivity contribution in [2.45, 2.75) is 39.7 Å². The monoisotopic (exact) mass is 340 g/mol. The summed E-state index contributed by atoms with van der Waals surface area (Å²) >= 11 is 0. The van der Waals surface area contributed by atoms with Crippen molar-refractivity contribution in [2.24, 2.45) is 5.92 Å². The highest BCUT2D eigenvalue weighted by Gasteiger charge is 2.20. The summed E-state index contributed by atoms with van der Waals surface area (Å²) < 4.78 is 2.07. The summed E-state index contributed by atoms with van der Waals surface area (Å²) in [4.78, 5) is 28.8. The third kappa shape index (κ3) is 4.07. The van der Waals surface area contributed by atoms with Gasteiger partial charge in [-0.1, -0.05) is 13.8 Å². The largest absolute Gasteiger partial charge is 0.352 e. The van der Waals surface area contributed by atoms with Crippen LogP contribution in [0.1, 0.15) is 53.4 Å². The highest BCUT2D eigenvalue weighted by molar-refractivity contribution is 6.03. The fourth-order valence-electron chi connectivity index (χ4n) is 2.93. The number of hydrogen-bond donors (Lipinski definition) is 2. The molecule has 2 N–H and O–H groups in total. The molecule has 1 aromatic heterocycles. The Morgan fingerprint density at radius 1 is 1.24 bits per heavy atom. The lowest BCUT2D eigenvalue weighted by Gasteiger charge is -2.18. The van der Waals surface area contributed by atoms with E-state index in [0.29, 0.717) is 29.4 Å². The lowest BCUT2D eigenvalue weighted by Crippen LogP contribution is -2.23. The minimum Gasteiger partial charge on any atom is -0.352 e. The van der Waals surface area contributed by atoms with Gasteiger partial charge in [0.25, 0.3) is 11.8 Å². The van der Waals surface area contributed by atoms with Crippen LogP contribution in [0.4, 0.5) is 5.69 Å². The maximum atomic E-state index is 12.4. The Morgan fingerprint density at radius 2 is 2.00 bits per heavy atom. The third-order valence-corrected chi connectivity index (χ3v) is 4.43. The molecule has 1 atom stereocenters. The topological polar surface area (TPSA) is 76.0 Å². The van der Waals surface area contributed by atoms with Gasteiger partial charge in [0.15, 0.2) is 0 Å². The number of benzene rings is 1. The fourth-order valence-corrected chi connectivity index (χ4v) is 2.93. The molecule has 2 aromatic rings. The van der Waals surface area contributed by atoms with E-state index in [1.165, 1.54) is 0 Å². The molecule has 0 saturated carbocycles. The predicted molar refractivity (Wildman–Crippen MR) is 96.7 cm³/mol. The molecule has 0 saturated heterocycles. The molecule has 1 aliphatic rings. The summed E-state index contributed by atoms with van der Waals surface area (Å²) in [6, 6.07) is 6.88. The van der Waals surface area contributed by atoms with Gasteiger partial charge in [0.05, 0.1) is 0 Å². The van der Waals surface area contributed by atoms with E-state index in [1.807, 2.05) is 13.1 Å². The molecule has 0 aliphatic carbocycles. The number of anilines is 1. The van der Waals surface area contributed by atoms with Crippen LogP contribution in [0.25, 0.3) is 0 Å². The van der Waals surface area contributed by atoms with Crippen LogP contribution in [0.3, 0.4) is 0 Å². The van der Waals surface area contributed by atoms with Crippen molar-refractivity contribution in [3.05, 3.63) is 47.5 Å². The molecule has 0 bridgehead atoms. The second-order valence-electron chi connectivity index (χ2n) is 6.62. The highest BCUT2D eigenvalue weighted by atomic mass is 16.2. The van der Waals surface area contributed by atoms with E-state index in [1.54, 1.807) is 24.3 Å². The van der Waals surface area contributed by atoms with Crippen LogP contribution in [0.5, 0.6) is 0 Å². The average Bonchev–Trinajstić information content (AvgIpc) is 3.03. The Bertz CT molecular complexity index is 764. The van der Waals surface area contributed by atoms with Gasteiger partial charge in [0.1, 0.15) is 11.5 Å². The first-order valence-corrected chi connectivity index (χ1v) is 8.82. The van der Waals surface area contributed by atoms with Crippen molar-refractivity contribution in [1.29, 1.82) is 0 Å². The second-order valence-corrected chi connectivity index (χ2v) is 6.62. The molecule has 3 rings (SSSR count). The number of rotatable bonds is 5. The van der Waals surface area contributed by atoms with Gasteiger partial charge in [-0.25, -0.2) is 4.98 Å². The number of imidazole rings is 1. The van der Waals surface area contributed by atoms with Crippen molar-refractivity contribution in [1.82, 2.24) is 14.9 Å². The normalized spacial score (nSPS) is 16.2. The molecule has 1 aliphatic heterocycles. The van der Waals surface area contributed by atoms with Gasteiger partial charge >= 0.3 is 0 Å². The highest BCUT2D eigenvalue weighted by Crippen LogP contribution is 2.20. The summed E-state index contributed by atoms with van der Waals surface area (Å²) in [7, 11) is 0. The van der Waals surface area contributed by atoms with Crippen molar-refractivity contribution >= 4 is 17.5 Å². The van der Waals surface area contributed by atoms with Gasteiger partial charge < -0.3 is 15.2 Å². The molecule has 1 unspecified atom stereocenters. The van der Waals surface area contributed by atoms with Crippen LogP contribution in [0.15, 0.2) is 30.5 Å². The minimum atomic E-state index is -0.224. The van der Waals surface area contributed by atoms with Crippen molar-refractivity contribution in [2.75, 3.05) is 11.9 Å². The quantitative estimate of drug-likeness (QED) is 0.879. The maximum Gasteiger partial charge on any atom is 0.275 e. The fraction of sp³-hybridized carbons (Fsp3) is 0.421. The zero-order valence-corrected chi connectivity index (χ0v) is 14.7. The molecule has 0 spiro atoms. The molecule has 6 nitrogen and oxygen atoms in total. The molecular formula is C19H24N4O2. The molecule has 25 heavy (non-hydrogen) atoms. The van der Waals surface area contributed by atoms with Gasteiger partial charge in [0, 0.05) is 37.0 Å². The lowest BCUT2D eigenvalue weighted by molar-refractivity contribution is 0.0953. The van der Waals surface area contributed by atoms with Crippen LogP contribution in [-0.4, -0.2) is 27.9 Å². The van der Waals surface area contributed by atoms with Crippen molar-refractivity contribution in [3.8, 4) is 0 Å². The lowest BCUT2D eigenvalue weighted by atomic mass is 10.0. The van der Waals surface area contributed by atoms with E-state index in [9.17, 15) is 9.59 Å². The van der Waals surface area contributed by atoms with E-state index < -0.39 is 0 Å². The van der Waals surface area contributed by atoms with E-state index in [4.69, 9.17) is 0 Å². The van der Waals surface area contributed by atoms with Gasteiger partial charge in [-0.3, -0.25) is 9.59 Å². The Hall–Kier alpha value is -2.63. The van der Waals surface area contributed by atoms with Crippen LogP contribution >= 0.6 is 0 Å². The standard InChI is InChI=1S/C19H24N4O2/c1-3-9-20-18(24)14-4-6-15(7-5-14)21-19(25)16-12-23-10-8-13(2)11-17(23)22-16/h4-7,12-13H,3,8-11H2,1-2H3,(H,20,24)(H,21,25). The summed E-state index contributed by atoms with van der Waals surface area (Å²) in [5.74, 6) is 1.26. The number of aromatic nitrogens is 2. The number of nitrogens with one attached hydrogen (secondary N) is 2.